The van der Waals surface area contributed by atoms with E-state index in [2.05, 4.69) is 11.9 Å². The van der Waals surface area contributed by atoms with Crippen LogP contribution >= 0.6 is 0 Å². The van der Waals surface area contributed by atoms with Crippen molar-refractivity contribution in [2.45, 2.75) is 24.9 Å². The third-order valence-corrected chi connectivity index (χ3v) is 3.09. The summed E-state index contributed by atoms with van der Waals surface area (Å²) in [6, 6.07) is 0. The Labute approximate surface area is 81.0 Å². The SMILES string of the molecule is COCCC1(OC)CCN(C)CC1. The maximum absolute atomic E-state index is 5.62. The average Bonchev–Trinajstić information content (AvgIpc) is 2.18. The normalized spacial score (nSPS) is 23.3. The van der Waals surface area contributed by atoms with Gasteiger partial charge in [-0.15, -0.1) is 0 Å². The highest BCUT2D eigenvalue weighted by molar-refractivity contribution is 4.86. The summed E-state index contributed by atoms with van der Waals surface area (Å²) in [6.07, 6.45) is 3.28. The van der Waals surface area contributed by atoms with E-state index in [4.69, 9.17) is 9.47 Å². The standard InChI is InChI=1S/C10H21NO2/c1-11-7-4-10(13-3,5-8-11)6-9-12-2/h4-9H2,1-3H3. The van der Waals surface area contributed by atoms with E-state index in [1.807, 2.05) is 7.11 Å². The highest BCUT2D eigenvalue weighted by Gasteiger charge is 2.32. The van der Waals surface area contributed by atoms with Gasteiger partial charge in [-0.05, 0) is 26.3 Å². The molecule has 0 bridgehead atoms. The molecule has 0 radical (unpaired) electrons. The van der Waals surface area contributed by atoms with Gasteiger partial charge in [-0.1, -0.05) is 0 Å². The van der Waals surface area contributed by atoms with Gasteiger partial charge in [0.25, 0.3) is 0 Å². The first-order chi connectivity index (χ1) is 6.22. The highest BCUT2D eigenvalue weighted by Crippen LogP contribution is 2.28. The van der Waals surface area contributed by atoms with Crippen LogP contribution < -0.4 is 0 Å². The second-order valence-electron chi connectivity index (χ2n) is 3.93. The van der Waals surface area contributed by atoms with Gasteiger partial charge >= 0.3 is 0 Å². The predicted octanol–water partition coefficient (Wildman–Crippen LogP) is 1.13. The van der Waals surface area contributed by atoms with Gasteiger partial charge in [0.2, 0.25) is 0 Å². The molecule has 3 heteroatoms. The summed E-state index contributed by atoms with van der Waals surface area (Å²) < 4.78 is 10.7. The lowest BCUT2D eigenvalue weighted by atomic mass is 9.88. The molecule has 1 rings (SSSR count). The smallest absolute Gasteiger partial charge is 0.0725 e. The van der Waals surface area contributed by atoms with Crippen LogP contribution in [0.15, 0.2) is 0 Å². The van der Waals surface area contributed by atoms with Crippen molar-refractivity contribution in [2.75, 3.05) is 41.0 Å². The van der Waals surface area contributed by atoms with Gasteiger partial charge in [0, 0.05) is 33.9 Å². The molecule has 1 heterocycles. The minimum absolute atomic E-state index is 0.0858. The molecule has 1 fully saturated rings. The van der Waals surface area contributed by atoms with Gasteiger partial charge in [-0.3, -0.25) is 0 Å². The van der Waals surface area contributed by atoms with Crippen LogP contribution in [0.25, 0.3) is 0 Å². The summed E-state index contributed by atoms with van der Waals surface area (Å²) in [4.78, 5) is 2.35. The first-order valence-electron chi connectivity index (χ1n) is 4.95. The second kappa shape index (κ2) is 4.94. The molecule has 0 spiro atoms. The number of nitrogens with zero attached hydrogens (tertiary/aromatic N) is 1. The van der Waals surface area contributed by atoms with Gasteiger partial charge < -0.3 is 14.4 Å². The summed E-state index contributed by atoms with van der Waals surface area (Å²) in [5.41, 5.74) is 0.0858. The Bertz CT molecular complexity index is 136. The quantitative estimate of drug-likeness (QED) is 0.658. The van der Waals surface area contributed by atoms with Crippen LogP contribution in [0.4, 0.5) is 0 Å². The zero-order chi connectivity index (χ0) is 9.73. The minimum Gasteiger partial charge on any atom is -0.385 e. The van der Waals surface area contributed by atoms with Crippen LogP contribution in [0.1, 0.15) is 19.3 Å². The number of likely N-dealkylation sites (tertiary alicyclic amines) is 1. The molecule has 78 valence electrons. The van der Waals surface area contributed by atoms with Crippen molar-refractivity contribution in [3.8, 4) is 0 Å². The molecule has 0 saturated carbocycles. The molecule has 3 nitrogen and oxygen atoms in total. The van der Waals surface area contributed by atoms with Gasteiger partial charge in [0.05, 0.1) is 5.60 Å². The largest absolute Gasteiger partial charge is 0.385 e. The molecule has 0 atom stereocenters. The first-order valence-corrected chi connectivity index (χ1v) is 4.95. The third-order valence-electron chi connectivity index (χ3n) is 3.09. The number of methoxy groups -OCH3 is 2. The van der Waals surface area contributed by atoms with Crippen molar-refractivity contribution in [2.24, 2.45) is 0 Å². The van der Waals surface area contributed by atoms with Crippen LogP contribution in [-0.4, -0.2) is 51.5 Å². The summed E-state index contributed by atoms with van der Waals surface area (Å²) in [5, 5.41) is 0. The Hall–Kier alpha value is -0.120. The fourth-order valence-electron chi connectivity index (χ4n) is 1.87. The van der Waals surface area contributed by atoms with E-state index in [1.165, 1.54) is 0 Å². The Kier molecular flexibility index (Phi) is 4.16. The predicted molar refractivity (Wildman–Crippen MR) is 53.0 cm³/mol. The van der Waals surface area contributed by atoms with Crippen molar-refractivity contribution < 1.29 is 9.47 Å². The maximum Gasteiger partial charge on any atom is 0.0725 e. The Morgan fingerprint density at radius 2 is 1.85 bits per heavy atom. The molecular weight excluding hydrogens is 166 g/mol. The van der Waals surface area contributed by atoms with E-state index in [1.54, 1.807) is 7.11 Å². The molecule has 0 aromatic heterocycles. The molecule has 13 heavy (non-hydrogen) atoms. The topological polar surface area (TPSA) is 21.7 Å². The lowest BCUT2D eigenvalue weighted by Gasteiger charge is -2.39. The Morgan fingerprint density at radius 3 is 2.31 bits per heavy atom. The van der Waals surface area contributed by atoms with Crippen LogP contribution in [0, 0.1) is 0 Å². The van der Waals surface area contributed by atoms with E-state index in [0.717, 1.165) is 39.0 Å². The molecule has 0 aromatic carbocycles. The lowest BCUT2D eigenvalue weighted by Crippen LogP contribution is -2.44. The zero-order valence-electron chi connectivity index (χ0n) is 9.01. The highest BCUT2D eigenvalue weighted by atomic mass is 16.5. The van der Waals surface area contributed by atoms with Gasteiger partial charge in [-0.25, -0.2) is 0 Å². The van der Waals surface area contributed by atoms with Crippen LogP contribution in [-0.2, 0) is 9.47 Å². The fourth-order valence-corrected chi connectivity index (χ4v) is 1.87. The first kappa shape index (κ1) is 11.0. The van der Waals surface area contributed by atoms with Crippen molar-refractivity contribution >= 4 is 0 Å². The van der Waals surface area contributed by atoms with E-state index >= 15 is 0 Å². The van der Waals surface area contributed by atoms with Gasteiger partial charge in [0.15, 0.2) is 0 Å². The monoisotopic (exact) mass is 187 g/mol. The van der Waals surface area contributed by atoms with E-state index in [0.29, 0.717) is 0 Å². The van der Waals surface area contributed by atoms with Crippen molar-refractivity contribution in [1.82, 2.24) is 4.90 Å². The molecule has 0 aromatic rings. The summed E-state index contributed by atoms with van der Waals surface area (Å²) >= 11 is 0. The average molecular weight is 187 g/mol. The van der Waals surface area contributed by atoms with Crippen LogP contribution in [0.3, 0.4) is 0 Å². The summed E-state index contributed by atoms with van der Waals surface area (Å²) in [5.74, 6) is 0. The van der Waals surface area contributed by atoms with Gasteiger partial charge in [0.1, 0.15) is 0 Å². The number of ether oxygens (including phenoxy) is 2. The van der Waals surface area contributed by atoms with Crippen molar-refractivity contribution in [1.29, 1.82) is 0 Å². The van der Waals surface area contributed by atoms with Crippen molar-refractivity contribution in [3.05, 3.63) is 0 Å². The maximum atomic E-state index is 5.62. The fraction of sp³-hybridized carbons (Fsp3) is 1.00. The number of hydrogen-bond acceptors (Lipinski definition) is 3. The minimum atomic E-state index is 0.0858. The molecule has 1 saturated heterocycles. The molecule has 0 aliphatic carbocycles. The molecule has 0 N–H and O–H groups in total. The van der Waals surface area contributed by atoms with Gasteiger partial charge in [-0.2, -0.15) is 0 Å². The Balaban J connectivity index is 2.40. The lowest BCUT2D eigenvalue weighted by molar-refractivity contribution is -0.0698. The van der Waals surface area contributed by atoms with Crippen LogP contribution in [0.2, 0.25) is 0 Å². The number of piperidine rings is 1. The second-order valence-corrected chi connectivity index (χ2v) is 3.93. The summed E-state index contributed by atoms with van der Waals surface area (Å²) in [6.45, 7) is 3.08. The number of hydrogen-bond donors (Lipinski definition) is 0. The van der Waals surface area contributed by atoms with Crippen molar-refractivity contribution in [3.63, 3.8) is 0 Å². The van der Waals surface area contributed by atoms with Crippen LogP contribution in [0.5, 0.6) is 0 Å². The molecule has 1 aliphatic heterocycles. The molecular formula is C10H21NO2. The number of rotatable bonds is 4. The zero-order valence-corrected chi connectivity index (χ0v) is 9.01. The summed E-state index contributed by atoms with van der Waals surface area (Å²) in [7, 11) is 5.73. The Morgan fingerprint density at radius 1 is 1.23 bits per heavy atom. The van der Waals surface area contributed by atoms with E-state index < -0.39 is 0 Å². The van der Waals surface area contributed by atoms with E-state index in [-0.39, 0.29) is 5.60 Å². The third kappa shape index (κ3) is 2.93. The molecule has 0 amide bonds. The molecule has 0 unspecified atom stereocenters. The molecule has 1 aliphatic rings. The van der Waals surface area contributed by atoms with E-state index in [9.17, 15) is 0 Å².